The van der Waals surface area contributed by atoms with Gasteiger partial charge in [-0.25, -0.2) is 8.42 Å². The van der Waals surface area contributed by atoms with Crippen molar-refractivity contribution in [2.45, 2.75) is 32.6 Å². The summed E-state index contributed by atoms with van der Waals surface area (Å²) in [7, 11) is -3.14. The Labute approximate surface area is 87.0 Å². The van der Waals surface area contributed by atoms with Gasteiger partial charge in [0.05, 0.1) is 12.9 Å². The van der Waals surface area contributed by atoms with Gasteiger partial charge in [0.25, 0.3) is 0 Å². The number of rotatable bonds is 8. The van der Waals surface area contributed by atoms with Crippen LogP contribution in [0.2, 0.25) is 0 Å². The minimum Gasteiger partial charge on any atom is -0.395 e. The fourth-order valence-corrected chi connectivity index (χ4v) is 2.14. The van der Waals surface area contributed by atoms with Gasteiger partial charge in [-0.3, -0.25) is 0 Å². The normalized spacial score (nSPS) is 12.3. The molecule has 0 saturated carbocycles. The van der Waals surface area contributed by atoms with Crippen LogP contribution in [0.5, 0.6) is 0 Å². The molecular formula is C9H21NO3S. The van der Waals surface area contributed by atoms with Crippen molar-refractivity contribution in [1.82, 2.24) is 4.31 Å². The lowest BCUT2D eigenvalue weighted by Crippen LogP contribution is -2.33. The fraction of sp³-hybridized carbons (Fsp3) is 1.00. The fourth-order valence-electron chi connectivity index (χ4n) is 1.27. The van der Waals surface area contributed by atoms with E-state index in [0.717, 1.165) is 25.7 Å². The van der Waals surface area contributed by atoms with E-state index in [1.807, 2.05) is 0 Å². The van der Waals surface area contributed by atoms with E-state index in [0.29, 0.717) is 6.54 Å². The van der Waals surface area contributed by atoms with Crippen LogP contribution in [0.4, 0.5) is 0 Å². The van der Waals surface area contributed by atoms with E-state index in [-0.39, 0.29) is 13.2 Å². The SMILES string of the molecule is CCCCCCN(CCO)S(C)(=O)=O. The highest BCUT2D eigenvalue weighted by molar-refractivity contribution is 7.88. The van der Waals surface area contributed by atoms with E-state index < -0.39 is 10.0 Å². The number of aliphatic hydroxyl groups is 1. The molecule has 0 radical (unpaired) electrons. The van der Waals surface area contributed by atoms with Crippen LogP contribution >= 0.6 is 0 Å². The summed E-state index contributed by atoms with van der Waals surface area (Å²) in [6.07, 6.45) is 5.38. The van der Waals surface area contributed by atoms with Crippen molar-refractivity contribution in [3.05, 3.63) is 0 Å². The maximum Gasteiger partial charge on any atom is 0.211 e. The summed E-state index contributed by atoms with van der Waals surface area (Å²) in [6.45, 7) is 2.74. The second kappa shape index (κ2) is 7.20. The lowest BCUT2D eigenvalue weighted by Gasteiger charge is -2.18. The van der Waals surface area contributed by atoms with Crippen molar-refractivity contribution < 1.29 is 13.5 Å². The largest absolute Gasteiger partial charge is 0.395 e. The van der Waals surface area contributed by atoms with Crippen molar-refractivity contribution in [3.8, 4) is 0 Å². The molecule has 0 aliphatic heterocycles. The van der Waals surface area contributed by atoms with Gasteiger partial charge in [0.1, 0.15) is 0 Å². The molecule has 0 heterocycles. The summed E-state index contributed by atoms with van der Waals surface area (Å²) in [5.41, 5.74) is 0. The molecule has 0 aliphatic rings. The van der Waals surface area contributed by atoms with Gasteiger partial charge in [0, 0.05) is 13.1 Å². The molecule has 0 rings (SSSR count). The third-order valence-electron chi connectivity index (χ3n) is 2.08. The van der Waals surface area contributed by atoms with Crippen molar-refractivity contribution in [3.63, 3.8) is 0 Å². The van der Waals surface area contributed by atoms with E-state index >= 15 is 0 Å². The Hall–Kier alpha value is -0.130. The zero-order chi connectivity index (χ0) is 11.0. The summed E-state index contributed by atoms with van der Waals surface area (Å²) >= 11 is 0. The predicted octanol–water partition coefficient (Wildman–Crippen LogP) is 0.821. The minimum absolute atomic E-state index is 0.110. The molecule has 0 aliphatic carbocycles. The van der Waals surface area contributed by atoms with E-state index in [1.54, 1.807) is 0 Å². The molecule has 0 aromatic carbocycles. The van der Waals surface area contributed by atoms with Crippen LogP contribution < -0.4 is 0 Å². The molecule has 14 heavy (non-hydrogen) atoms. The zero-order valence-corrected chi connectivity index (χ0v) is 9.89. The lowest BCUT2D eigenvalue weighted by molar-refractivity contribution is 0.252. The number of hydrogen-bond donors (Lipinski definition) is 1. The average molecular weight is 223 g/mol. The average Bonchev–Trinajstić information content (AvgIpc) is 2.08. The highest BCUT2D eigenvalue weighted by Crippen LogP contribution is 2.04. The third-order valence-corrected chi connectivity index (χ3v) is 3.38. The van der Waals surface area contributed by atoms with Crippen LogP contribution in [0.3, 0.4) is 0 Å². The van der Waals surface area contributed by atoms with Gasteiger partial charge >= 0.3 is 0 Å². The van der Waals surface area contributed by atoms with Gasteiger partial charge in [-0.1, -0.05) is 26.2 Å². The highest BCUT2D eigenvalue weighted by Gasteiger charge is 2.14. The van der Waals surface area contributed by atoms with Gasteiger partial charge < -0.3 is 5.11 Å². The van der Waals surface area contributed by atoms with Crippen molar-refractivity contribution >= 4 is 10.0 Å². The van der Waals surface area contributed by atoms with Crippen molar-refractivity contribution in [2.24, 2.45) is 0 Å². The Morgan fingerprint density at radius 3 is 2.21 bits per heavy atom. The smallest absolute Gasteiger partial charge is 0.211 e. The predicted molar refractivity (Wildman–Crippen MR) is 57.6 cm³/mol. The molecule has 86 valence electrons. The van der Waals surface area contributed by atoms with E-state index in [4.69, 9.17) is 5.11 Å². The van der Waals surface area contributed by atoms with Crippen LogP contribution in [0, 0.1) is 0 Å². The molecule has 0 unspecified atom stereocenters. The highest BCUT2D eigenvalue weighted by atomic mass is 32.2. The Kier molecular flexibility index (Phi) is 7.13. The molecule has 0 saturated heterocycles. The third kappa shape index (κ3) is 6.34. The van der Waals surface area contributed by atoms with E-state index in [9.17, 15) is 8.42 Å². The maximum absolute atomic E-state index is 11.2. The second-order valence-corrected chi connectivity index (χ2v) is 5.43. The second-order valence-electron chi connectivity index (χ2n) is 3.45. The van der Waals surface area contributed by atoms with Crippen molar-refractivity contribution in [2.75, 3.05) is 26.0 Å². The summed E-state index contributed by atoms with van der Waals surface area (Å²) in [6, 6.07) is 0. The molecule has 4 nitrogen and oxygen atoms in total. The van der Waals surface area contributed by atoms with Crippen LogP contribution in [-0.2, 0) is 10.0 Å². The van der Waals surface area contributed by atoms with Crippen LogP contribution in [0.25, 0.3) is 0 Å². The van der Waals surface area contributed by atoms with Crippen LogP contribution in [0.15, 0.2) is 0 Å². The first-order valence-electron chi connectivity index (χ1n) is 5.08. The summed E-state index contributed by atoms with van der Waals surface area (Å²) in [5, 5.41) is 8.70. The molecule has 0 spiro atoms. The molecular weight excluding hydrogens is 202 g/mol. The number of hydrogen-bond acceptors (Lipinski definition) is 3. The van der Waals surface area contributed by atoms with E-state index in [1.165, 1.54) is 10.6 Å². The molecule has 5 heteroatoms. The van der Waals surface area contributed by atoms with Gasteiger partial charge in [0.15, 0.2) is 0 Å². The molecule has 0 bridgehead atoms. The minimum atomic E-state index is -3.14. The molecule has 0 fully saturated rings. The zero-order valence-electron chi connectivity index (χ0n) is 9.07. The Bertz CT molecular complexity index is 226. The van der Waals surface area contributed by atoms with Crippen molar-refractivity contribution in [1.29, 1.82) is 0 Å². The van der Waals surface area contributed by atoms with Crippen LogP contribution in [0.1, 0.15) is 32.6 Å². The molecule has 0 amide bonds. The van der Waals surface area contributed by atoms with E-state index in [2.05, 4.69) is 6.92 Å². The monoisotopic (exact) mass is 223 g/mol. The Balaban J connectivity index is 3.87. The quantitative estimate of drug-likeness (QED) is 0.620. The summed E-state index contributed by atoms with van der Waals surface area (Å²) < 4.78 is 23.7. The number of unbranched alkanes of at least 4 members (excludes halogenated alkanes) is 3. The molecule has 0 atom stereocenters. The number of aliphatic hydroxyl groups excluding tert-OH is 1. The molecule has 1 N–H and O–H groups in total. The van der Waals surface area contributed by atoms with Gasteiger partial charge in [-0.15, -0.1) is 0 Å². The molecule has 0 aromatic rings. The Morgan fingerprint density at radius 1 is 1.14 bits per heavy atom. The topological polar surface area (TPSA) is 57.6 Å². The van der Waals surface area contributed by atoms with Gasteiger partial charge in [0.2, 0.25) is 10.0 Å². The Morgan fingerprint density at radius 2 is 1.79 bits per heavy atom. The lowest BCUT2D eigenvalue weighted by atomic mass is 10.2. The first-order valence-corrected chi connectivity index (χ1v) is 6.93. The van der Waals surface area contributed by atoms with Gasteiger partial charge in [-0.05, 0) is 6.42 Å². The number of sulfonamides is 1. The number of nitrogens with zero attached hydrogens (tertiary/aromatic N) is 1. The maximum atomic E-state index is 11.2. The van der Waals surface area contributed by atoms with Gasteiger partial charge in [-0.2, -0.15) is 4.31 Å². The first kappa shape index (κ1) is 13.9. The summed E-state index contributed by atoms with van der Waals surface area (Å²) in [4.78, 5) is 0. The standard InChI is InChI=1S/C9H21NO3S/c1-3-4-5-6-7-10(8-9-11)14(2,12)13/h11H,3-9H2,1-2H3. The first-order chi connectivity index (χ1) is 6.52. The van der Waals surface area contributed by atoms with Crippen LogP contribution in [-0.4, -0.2) is 43.8 Å². The molecule has 0 aromatic heterocycles. The summed E-state index contributed by atoms with van der Waals surface area (Å²) in [5.74, 6) is 0.